The number of aliphatic hydroxyl groups is 1. The normalized spacial score (nSPS) is 20.2. The summed E-state index contributed by atoms with van der Waals surface area (Å²) in [4.78, 5) is 28.6. The summed E-state index contributed by atoms with van der Waals surface area (Å²) < 4.78 is 12.7. The highest BCUT2D eigenvalue weighted by molar-refractivity contribution is 6.47. The number of hydrogen-bond donors (Lipinski definition) is 1. The van der Waals surface area contributed by atoms with E-state index < -0.39 is 17.7 Å². The fourth-order valence-electron chi connectivity index (χ4n) is 5.50. The molecule has 1 amide bonds. The molecule has 0 bridgehead atoms. The van der Waals surface area contributed by atoms with Crippen molar-refractivity contribution >= 4 is 40.0 Å². The predicted molar refractivity (Wildman–Crippen MR) is 134 cm³/mol. The highest BCUT2D eigenvalue weighted by Gasteiger charge is 2.50. The molecule has 1 atom stereocenters. The highest BCUT2D eigenvalue weighted by Crippen LogP contribution is 2.47. The van der Waals surface area contributed by atoms with E-state index in [2.05, 4.69) is 0 Å². The molecule has 3 aromatic rings. The first-order valence-electron chi connectivity index (χ1n) is 11.6. The smallest absolute Gasteiger partial charge is 0.295 e. The van der Waals surface area contributed by atoms with E-state index in [-0.39, 0.29) is 33.7 Å². The van der Waals surface area contributed by atoms with Gasteiger partial charge in [-0.2, -0.15) is 0 Å². The topological polar surface area (TPSA) is 81.0 Å². The average molecular weight is 495 g/mol. The molecule has 1 saturated heterocycles. The van der Waals surface area contributed by atoms with Crippen LogP contribution in [0, 0.1) is 0 Å². The Kier molecular flexibility index (Phi) is 5.97. The van der Waals surface area contributed by atoms with Gasteiger partial charge in [-0.25, -0.2) is 0 Å². The minimum atomic E-state index is -0.727. The van der Waals surface area contributed by atoms with Crippen molar-refractivity contribution in [2.75, 3.05) is 14.2 Å². The van der Waals surface area contributed by atoms with Crippen LogP contribution in [0.25, 0.3) is 16.7 Å². The molecule has 5 rings (SSSR count). The van der Waals surface area contributed by atoms with Gasteiger partial charge in [-0.15, -0.1) is 0 Å². The molecule has 2 fully saturated rings. The van der Waals surface area contributed by atoms with Gasteiger partial charge in [-0.3, -0.25) is 9.59 Å². The molecular weight excluding hydrogens is 468 g/mol. The molecule has 0 radical (unpaired) electrons. The third kappa shape index (κ3) is 3.65. The number of methoxy groups -OCH3 is 2. The van der Waals surface area contributed by atoms with Crippen LogP contribution in [0.4, 0.5) is 0 Å². The van der Waals surface area contributed by atoms with E-state index in [1.807, 2.05) is 42.1 Å². The predicted octanol–water partition coefficient (Wildman–Crippen LogP) is 5.21. The summed E-state index contributed by atoms with van der Waals surface area (Å²) >= 11 is 6.36. The minimum absolute atomic E-state index is 0.0396. The van der Waals surface area contributed by atoms with Crippen molar-refractivity contribution < 1.29 is 24.2 Å². The number of Topliss-reactive ketones (excluding diaryl/α,β-unsaturated/α-hetero) is 1. The van der Waals surface area contributed by atoms with Crippen LogP contribution in [-0.2, 0) is 16.6 Å². The lowest BCUT2D eigenvalue weighted by atomic mass is 9.94. The number of halogens is 1. The number of amides is 1. The van der Waals surface area contributed by atoms with Gasteiger partial charge in [0, 0.05) is 41.8 Å². The number of likely N-dealkylation sites (tertiary alicyclic amines) is 1. The van der Waals surface area contributed by atoms with Gasteiger partial charge in [-0.05, 0) is 25.0 Å². The summed E-state index contributed by atoms with van der Waals surface area (Å²) in [6.07, 6.45) is 5.59. The lowest BCUT2D eigenvalue weighted by Crippen LogP contribution is -2.37. The second-order valence-corrected chi connectivity index (χ2v) is 9.45. The number of aryl methyl sites for hydroxylation is 1. The molecule has 1 aliphatic carbocycles. The number of carbonyl (C=O) groups excluding carboxylic acids is 2. The number of benzene rings is 2. The fourth-order valence-corrected chi connectivity index (χ4v) is 5.74. The Hall–Kier alpha value is -3.45. The summed E-state index contributed by atoms with van der Waals surface area (Å²) in [6.45, 7) is 0. The molecule has 35 heavy (non-hydrogen) atoms. The number of ether oxygens (including phenoxy) is 2. The van der Waals surface area contributed by atoms with E-state index in [1.165, 1.54) is 20.3 Å². The Balaban J connectivity index is 1.78. The molecule has 2 aromatic carbocycles. The summed E-state index contributed by atoms with van der Waals surface area (Å²) in [5.41, 5.74) is 2.05. The van der Waals surface area contributed by atoms with Gasteiger partial charge in [-0.1, -0.05) is 42.6 Å². The van der Waals surface area contributed by atoms with E-state index >= 15 is 0 Å². The molecular formula is C27H27ClN2O5. The molecule has 1 N–H and O–H groups in total. The van der Waals surface area contributed by atoms with E-state index in [0.29, 0.717) is 5.75 Å². The van der Waals surface area contributed by atoms with Crippen molar-refractivity contribution in [2.45, 2.75) is 37.8 Å². The summed E-state index contributed by atoms with van der Waals surface area (Å²) in [5, 5.41) is 12.8. The van der Waals surface area contributed by atoms with Gasteiger partial charge in [0.2, 0.25) is 0 Å². The number of fused-ring (bicyclic) bond motifs is 1. The van der Waals surface area contributed by atoms with Crippen molar-refractivity contribution in [3.8, 4) is 11.5 Å². The summed E-state index contributed by atoms with van der Waals surface area (Å²) in [7, 11) is 4.87. The van der Waals surface area contributed by atoms with Gasteiger partial charge < -0.3 is 24.0 Å². The molecule has 2 aliphatic rings. The van der Waals surface area contributed by atoms with Gasteiger partial charge in [0.05, 0.1) is 36.4 Å². The van der Waals surface area contributed by atoms with Crippen LogP contribution in [-0.4, -0.2) is 46.5 Å². The molecule has 2 heterocycles. The van der Waals surface area contributed by atoms with Crippen molar-refractivity contribution in [1.82, 2.24) is 9.47 Å². The second kappa shape index (κ2) is 8.96. The first-order chi connectivity index (χ1) is 16.9. The number of carbonyl (C=O) groups is 2. The Morgan fingerprint density at radius 1 is 1.06 bits per heavy atom. The fraction of sp³-hybridized carbons (Fsp3) is 0.333. The maximum atomic E-state index is 13.5. The monoisotopic (exact) mass is 494 g/mol. The van der Waals surface area contributed by atoms with Crippen molar-refractivity contribution in [2.24, 2.45) is 7.05 Å². The third-order valence-electron chi connectivity index (χ3n) is 7.15. The third-order valence-corrected chi connectivity index (χ3v) is 7.44. The molecule has 1 aliphatic heterocycles. The molecule has 1 aromatic heterocycles. The summed E-state index contributed by atoms with van der Waals surface area (Å²) in [6, 6.07) is 10.1. The van der Waals surface area contributed by atoms with E-state index in [4.69, 9.17) is 21.1 Å². The van der Waals surface area contributed by atoms with Gasteiger partial charge in [0.25, 0.3) is 11.7 Å². The standard InChI is InChI=1S/C27H27ClN2O5/c1-29-14-18(16-10-6-7-11-20(16)29)24-23(26(32)27(33)30(24)15-8-4-5-9-15)25(31)17-12-19(28)22(35-3)13-21(17)34-2/h6-7,10-15,24,31H,4-5,8-9H2,1-3H3/b25-23+. The summed E-state index contributed by atoms with van der Waals surface area (Å²) in [5.74, 6) is -0.955. The molecule has 1 unspecified atom stereocenters. The van der Waals surface area contributed by atoms with Crippen LogP contribution in [0.3, 0.4) is 0 Å². The number of hydrogen-bond acceptors (Lipinski definition) is 5. The van der Waals surface area contributed by atoms with Crippen LogP contribution in [0.1, 0.15) is 42.9 Å². The maximum absolute atomic E-state index is 13.5. The molecule has 1 saturated carbocycles. The Bertz CT molecular complexity index is 1370. The quantitative estimate of drug-likeness (QED) is 0.299. The Labute approximate surface area is 208 Å². The number of aliphatic hydroxyl groups excluding tert-OH is 1. The van der Waals surface area contributed by atoms with Crippen LogP contribution in [0.15, 0.2) is 48.2 Å². The zero-order valence-corrected chi connectivity index (χ0v) is 20.6. The van der Waals surface area contributed by atoms with Crippen molar-refractivity contribution in [1.29, 1.82) is 0 Å². The SMILES string of the molecule is COc1cc(OC)c(/C(O)=C2\C(=O)C(=O)N(C3CCCC3)C2c2cn(C)c3ccccc23)cc1Cl. The first-order valence-corrected chi connectivity index (χ1v) is 12.0. The largest absolute Gasteiger partial charge is 0.507 e. The van der Waals surface area contributed by atoms with E-state index in [0.717, 1.165) is 42.1 Å². The molecule has 7 nitrogen and oxygen atoms in total. The van der Waals surface area contributed by atoms with Gasteiger partial charge >= 0.3 is 0 Å². The maximum Gasteiger partial charge on any atom is 0.295 e. The van der Waals surface area contributed by atoms with Crippen LogP contribution in [0.2, 0.25) is 5.02 Å². The van der Waals surface area contributed by atoms with Crippen molar-refractivity contribution in [3.05, 3.63) is 64.3 Å². The zero-order chi connectivity index (χ0) is 24.9. The van der Waals surface area contributed by atoms with Gasteiger partial charge in [0.1, 0.15) is 17.3 Å². The minimum Gasteiger partial charge on any atom is -0.507 e. The number of nitrogens with zero attached hydrogens (tertiary/aromatic N) is 2. The molecule has 182 valence electrons. The lowest BCUT2D eigenvalue weighted by Gasteiger charge is -2.30. The van der Waals surface area contributed by atoms with E-state index in [1.54, 1.807) is 11.0 Å². The molecule has 8 heteroatoms. The lowest BCUT2D eigenvalue weighted by molar-refractivity contribution is -0.141. The zero-order valence-electron chi connectivity index (χ0n) is 19.9. The van der Waals surface area contributed by atoms with E-state index in [9.17, 15) is 14.7 Å². The van der Waals surface area contributed by atoms with Crippen LogP contribution in [0.5, 0.6) is 11.5 Å². The number of para-hydroxylation sites is 1. The Morgan fingerprint density at radius 2 is 1.74 bits per heavy atom. The number of aromatic nitrogens is 1. The average Bonchev–Trinajstić information content (AvgIpc) is 3.56. The highest BCUT2D eigenvalue weighted by atomic mass is 35.5. The number of rotatable bonds is 5. The van der Waals surface area contributed by atoms with Crippen LogP contribution < -0.4 is 9.47 Å². The number of ketones is 1. The van der Waals surface area contributed by atoms with Gasteiger partial charge in [0.15, 0.2) is 0 Å². The second-order valence-electron chi connectivity index (χ2n) is 9.04. The van der Waals surface area contributed by atoms with Crippen molar-refractivity contribution in [3.63, 3.8) is 0 Å². The van der Waals surface area contributed by atoms with Crippen LogP contribution >= 0.6 is 11.6 Å². The first kappa shape index (κ1) is 23.3. The molecule has 0 spiro atoms. The Morgan fingerprint density at radius 3 is 2.43 bits per heavy atom.